The normalized spacial score (nSPS) is 21.9. The highest BCUT2D eigenvalue weighted by atomic mass is 16.7. The smallest absolute Gasteiger partial charge is 0.407 e. The van der Waals surface area contributed by atoms with E-state index in [1.165, 1.54) is 0 Å². The molecule has 6 rings (SSSR count). The van der Waals surface area contributed by atoms with Gasteiger partial charge in [0.1, 0.15) is 12.2 Å². The van der Waals surface area contributed by atoms with Crippen molar-refractivity contribution >= 4 is 12.0 Å². The summed E-state index contributed by atoms with van der Waals surface area (Å²) in [7, 11) is 0. The second-order valence-corrected chi connectivity index (χ2v) is 14.8. The first kappa shape index (κ1) is 33.6. The predicted molar refractivity (Wildman–Crippen MR) is 184 cm³/mol. The van der Waals surface area contributed by atoms with Crippen LogP contribution in [0.2, 0.25) is 0 Å². The van der Waals surface area contributed by atoms with Gasteiger partial charge in [0.2, 0.25) is 5.88 Å². The standard InChI is InChI=1S/C39H49N3O6/c1-23-20-24(2)40-35(45-22-27-12-10-9-11-13-27)31(23)21-42-19-18-30-25(3)33-34(26(4)32(30)36(42)43)47-39(8,46-33)28-14-16-29(17-15-28)41-37(44)48-38(5,6)7/h9-13,20,28-29H,14-19,21-22H2,1-8H3,(H,41,44)/t28-,29-,39?. The fraction of sp³-hybridized carbons (Fsp3) is 0.513. The molecule has 2 amide bonds. The summed E-state index contributed by atoms with van der Waals surface area (Å²) in [6.45, 7) is 17.0. The van der Waals surface area contributed by atoms with Crippen LogP contribution in [0.25, 0.3) is 0 Å². The molecule has 1 N–H and O–H groups in total. The van der Waals surface area contributed by atoms with Crippen LogP contribution in [0.5, 0.6) is 17.4 Å². The summed E-state index contributed by atoms with van der Waals surface area (Å²) in [4.78, 5) is 33.2. The Bertz CT molecular complexity index is 1710. The molecule has 1 aromatic heterocycles. The molecule has 3 heterocycles. The van der Waals surface area contributed by atoms with E-state index >= 15 is 0 Å². The molecule has 256 valence electrons. The second kappa shape index (κ2) is 13.0. The Balaban J connectivity index is 1.17. The molecule has 2 aliphatic heterocycles. The number of aryl methyl sites for hydroxylation is 2. The molecule has 3 aromatic rings. The number of aromatic nitrogens is 1. The molecule has 2 aromatic carbocycles. The number of hydrogen-bond donors (Lipinski definition) is 1. The molecular weight excluding hydrogens is 606 g/mol. The van der Waals surface area contributed by atoms with Gasteiger partial charge in [-0.3, -0.25) is 4.79 Å². The third kappa shape index (κ3) is 6.82. The van der Waals surface area contributed by atoms with E-state index in [-0.39, 0.29) is 24.0 Å². The molecule has 3 aliphatic rings. The molecule has 0 saturated heterocycles. The van der Waals surface area contributed by atoms with Gasteiger partial charge in [-0.25, -0.2) is 9.78 Å². The summed E-state index contributed by atoms with van der Waals surface area (Å²) >= 11 is 0. The minimum atomic E-state index is -0.850. The Morgan fingerprint density at radius 3 is 2.35 bits per heavy atom. The minimum Gasteiger partial charge on any atom is -0.473 e. The fourth-order valence-electron chi connectivity index (χ4n) is 7.40. The number of pyridine rings is 1. The Labute approximate surface area is 284 Å². The van der Waals surface area contributed by atoms with E-state index < -0.39 is 11.4 Å². The van der Waals surface area contributed by atoms with E-state index in [2.05, 4.69) is 12.2 Å². The summed E-state index contributed by atoms with van der Waals surface area (Å²) in [5, 5.41) is 3.03. The lowest BCUT2D eigenvalue weighted by atomic mass is 9.81. The summed E-state index contributed by atoms with van der Waals surface area (Å²) < 4.78 is 25.1. The first-order valence-electron chi connectivity index (χ1n) is 17.2. The van der Waals surface area contributed by atoms with Gasteiger partial charge in [-0.2, -0.15) is 0 Å². The van der Waals surface area contributed by atoms with Crippen molar-refractivity contribution in [1.82, 2.24) is 15.2 Å². The number of nitrogens with one attached hydrogen (secondary N) is 1. The number of nitrogens with zero attached hydrogens (tertiary/aromatic N) is 2. The van der Waals surface area contributed by atoms with Gasteiger partial charge in [0.25, 0.3) is 11.7 Å². The summed E-state index contributed by atoms with van der Waals surface area (Å²) in [5.74, 6) is 1.25. The van der Waals surface area contributed by atoms with Crippen LogP contribution in [0.1, 0.15) is 103 Å². The number of carbonyl (C=O) groups excluding carboxylic acids is 2. The maximum absolute atomic E-state index is 14.3. The number of fused-ring (bicyclic) bond motifs is 2. The Hall–Kier alpha value is -4.27. The average Bonchev–Trinajstić information content (AvgIpc) is 3.40. The van der Waals surface area contributed by atoms with Gasteiger partial charge in [0.05, 0.1) is 6.54 Å². The van der Waals surface area contributed by atoms with Crippen LogP contribution in [0, 0.1) is 33.6 Å². The van der Waals surface area contributed by atoms with Crippen molar-refractivity contribution in [3.8, 4) is 17.4 Å². The van der Waals surface area contributed by atoms with Gasteiger partial charge in [-0.15, -0.1) is 0 Å². The third-order valence-electron chi connectivity index (χ3n) is 9.95. The van der Waals surface area contributed by atoms with Crippen molar-refractivity contribution in [2.75, 3.05) is 6.54 Å². The quantitative estimate of drug-likeness (QED) is 0.279. The van der Waals surface area contributed by atoms with E-state index in [0.717, 1.165) is 76.9 Å². The third-order valence-corrected chi connectivity index (χ3v) is 9.95. The van der Waals surface area contributed by atoms with Gasteiger partial charge < -0.3 is 29.2 Å². The van der Waals surface area contributed by atoms with Crippen molar-refractivity contribution in [3.63, 3.8) is 0 Å². The molecule has 1 atom stereocenters. The zero-order chi connectivity index (χ0) is 34.4. The molecule has 9 nitrogen and oxygen atoms in total. The number of alkyl carbamates (subject to hydrolysis) is 1. The number of hydrogen-bond acceptors (Lipinski definition) is 7. The largest absolute Gasteiger partial charge is 0.473 e. The maximum Gasteiger partial charge on any atom is 0.407 e. The summed E-state index contributed by atoms with van der Waals surface area (Å²) in [6.07, 6.45) is 3.66. The Morgan fingerprint density at radius 2 is 1.69 bits per heavy atom. The molecule has 0 spiro atoms. The molecular formula is C39H49N3O6. The van der Waals surface area contributed by atoms with E-state index in [1.54, 1.807) is 0 Å². The Kier molecular flexibility index (Phi) is 9.09. The number of benzene rings is 2. The minimum absolute atomic E-state index is 0.0143. The van der Waals surface area contributed by atoms with Crippen molar-refractivity contribution in [2.24, 2.45) is 5.92 Å². The molecule has 1 unspecified atom stereocenters. The lowest BCUT2D eigenvalue weighted by Gasteiger charge is -2.37. The van der Waals surface area contributed by atoms with Crippen LogP contribution < -0.4 is 19.5 Å². The van der Waals surface area contributed by atoms with Crippen molar-refractivity contribution in [1.29, 1.82) is 0 Å². The molecule has 48 heavy (non-hydrogen) atoms. The molecule has 1 saturated carbocycles. The van der Waals surface area contributed by atoms with Gasteiger partial charge in [-0.1, -0.05) is 30.3 Å². The van der Waals surface area contributed by atoms with Gasteiger partial charge in [-0.05, 0) is 109 Å². The molecule has 1 aliphatic carbocycles. The fourth-order valence-corrected chi connectivity index (χ4v) is 7.40. The highest BCUT2D eigenvalue weighted by molar-refractivity contribution is 6.00. The number of carbonyl (C=O) groups is 2. The molecule has 0 radical (unpaired) electrons. The SMILES string of the molecule is Cc1cc(C)c(CN2CCc3c(C)c4c(c(C)c3C2=O)OC(C)([C@H]2CC[C@H](NC(=O)OC(C)(C)C)CC2)O4)c(OCc2ccccc2)n1. The van der Waals surface area contributed by atoms with E-state index in [1.807, 2.05) is 89.8 Å². The van der Waals surface area contributed by atoms with Crippen molar-refractivity contribution < 1.29 is 28.5 Å². The number of amides is 2. The predicted octanol–water partition coefficient (Wildman–Crippen LogP) is 7.66. The highest BCUT2D eigenvalue weighted by Gasteiger charge is 2.48. The first-order chi connectivity index (χ1) is 22.7. The Morgan fingerprint density at radius 1 is 1.02 bits per heavy atom. The maximum atomic E-state index is 14.3. The van der Waals surface area contributed by atoms with Crippen LogP contribution >= 0.6 is 0 Å². The van der Waals surface area contributed by atoms with Crippen LogP contribution in [0.3, 0.4) is 0 Å². The van der Waals surface area contributed by atoms with Gasteiger partial charge in [0.15, 0.2) is 11.5 Å². The van der Waals surface area contributed by atoms with Crippen LogP contribution in [-0.2, 0) is 24.3 Å². The number of rotatable bonds is 7. The topological polar surface area (TPSA) is 99.2 Å². The monoisotopic (exact) mass is 655 g/mol. The van der Waals surface area contributed by atoms with Crippen LogP contribution in [-0.4, -0.2) is 45.9 Å². The molecule has 1 fully saturated rings. The first-order valence-corrected chi connectivity index (χ1v) is 17.2. The van der Waals surface area contributed by atoms with Crippen molar-refractivity contribution in [3.05, 3.63) is 81.0 Å². The molecule has 9 heteroatoms. The summed E-state index contributed by atoms with van der Waals surface area (Å²) in [5.41, 5.74) is 6.92. The lowest BCUT2D eigenvalue weighted by Crippen LogP contribution is -2.48. The molecule has 0 bridgehead atoms. The lowest BCUT2D eigenvalue weighted by molar-refractivity contribution is -0.121. The number of ether oxygens (including phenoxy) is 4. The second-order valence-electron chi connectivity index (χ2n) is 14.8. The van der Waals surface area contributed by atoms with Crippen molar-refractivity contribution in [2.45, 2.75) is 118 Å². The van der Waals surface area contributed by atoms with Crippen LogP contribution in [0.15, 0.2) is 36.4 Å². The van der Waals surface area contributed by atoms with Gasteiger partial charge >= 0.3 is 6.09 Å². The average molecular weight is 656 g/mol. The van der Waals surface area contributed by atoms with E-state index in [0.29, 0.717) is 36.9 Å². The summed E-state index contributed by atoms with van der Waals surface area (Å²) in [6, 6.07) is 12.1. The zero-order valence-electron chi connectivity index (χ0n) is 29.6. The van der Waals surface area contributed by atoms with E-state index in [4.69, 9.17) is 23.9 Å². The van der Waals surface area contributed by atoms with E-state index in [9.17, 15) is 9.59 Å². The highest BCUT2D eigenvalue weighted by Crippen LogP contribution is 2.52. The zero-order valence-corrected chi connectivity index (χ0v) is 29.6. The van der Waals surface area contributed by atoms with Crippen LogP contribution in [0.4, 0.5) is 4.79 Å². The van der Waals surface area contributed by atoms with Gasteiger partial charge in [0, 0.05) is 47.8 Å².